The van der Waals surface area contributed by atoms with Crippen LogP contribution < -0.4 is 4.74 Å². The van der Waals surface area contributed by atoms with Crippen molar-refractivity contribution in [1.29, 1.82) is 0 Å². The Hall–Kier alpha value is -2.44. The number of H-pyrrole nitrogens is 1. The van der Waals surface area contributed by atoms with Crippen LogP contribution in [0.3, 0.4) is 0 Å². The molecule has 0 aromatic carbocycles. The highest BCUT2D eigenvalue weighted by atomic mass is 16.5. The Morgan fingerprint density at radius 1 is 1.53 bits per heavy atom. The molecule has 0 aliphatic rings. The van der Waals surface area contributed by atoms with Crippen molar-refractivity contribution in [2.75, 3.05) is 14.2 Å². The molecule has 100 valence electrons. The highest BCUT2D eigenvalue weighted by molar-refractivity contribution is 5.96. The first-order valence-corrected chi connectivity index (χ1v) is 5.74. The zero-order chi connectivity index (χ0) is 13.8. The van der Waals surface area contributed by atoms with Crippen molar-refractivity contribution in [3.8, 4) is 5.88 Å². The van der Waals surface area contributed by atoms with Crippen LogP contribution in [0.1, 0.15) is 22.0 Å². The van der Waals surface area contributed by atoms with Crippen LogP contribution in [0.15, 0.2) is 18.3 Å². The summed E-state index contributed by atoms with van der Waals surface area (Å²) in [6.45, 7) is 2.13. The molecule has 7 heteroatoms. The maximum atomic E-state index is 12.3. The highest BCUT2D eigenvalue weighted by Gasteiger charge is 2.18. The Balaban J connectivity index is 2.14. The minimum Gasteiger partial charge on any atom is -0.480 e. The van der Waals surface area contributed by atoms with E-state index in [0.29, 0.717) is 23.8 Å². The van der Waals surface area contributed by atoms with Crippen LogP contribution in [0, 0.1) is 6.92 Å². The summed E-state index contributed by atoms with van der Waals surface area (Å²) in [5.74, 6) is 1.41. The number of aryl methyl sites for hydroxylation is 1. The number of aromatic nitrogens is 4. The fourth-order valence-electron chi connectivity index (χ4n) is 1.67. The Morgan fingerprint density at radius 2 is 2.32 bits per heavy atom. The van der Waals surface area contributed by atoms with Gasteiger partial charge in [0.1, 0.15) is 11.4 Å². The summed E-state index contributed by atoms with van der Waals surface area (Å²) in [6, 6.07) is 3.37. The van der Waals surface area contributed by atoms with Crippen LogP contribution >= 0.6 is 0 Å². The van der Waals surface area contributed by atoms with E-state index in [1.165, 1.54) is 12.0 Å². The predicted octanol–water partition coefficient (Wildman–Crippen LogP) is 0.789. The molecule has 1 amide bonds. The molecule has 0 saturated heterocycles. The van der Waals surface area contributed by atoms with E-state index in [4.69, 9.17) is 4.74 Å². The third-order valence-corrected chi connectivity index (χ3v) is 2.56. The van der Waals surface area contributed by atoms with Crippen molar-refractivity contribution in [3.05, 3.63) is 35.5 Å². The van der Waals surface area contributed by atoms with E-state index in [-0.39, 0.29) is 5.91 Å². The quantitative estimate of drug-likeness (QED) is 0.879. The van der Waals surface area contributed by atoms with Gasteiger partial charge in [-0.2, -0.15) is 5.10 Å². The number of carbonyl (C=O) groups excluding carboxylic acids is 1. The third kappa shape index (κ3) is 2.87. The van der Waals surface area contributed by atoms with Crippen molar-refractivity contribution >= 4 is 5.91 Å². The van der Waals surface area contributed by atoms with Crippen LogP contribution in [-0.4, -0.2) is 45.1 Å². The number of ether oxygens (including phenoxy) is 1. The zero-order valence-corrected chi connectivity index (χ0v) is 11.0. The van der Waals surface area contributed by atoms with E-state index >= 15 is 0 Å². The molecule has 0 unspecified atom stereocenters. The fraction of sp³-hybridized carbons (Fsp3) is 0.333. The second kappa shape index (κ2) is 5.47. The number of amides is 1. The summed E-state index contributed by atoms with van der Waals surface area (Å²) in [4.78, 5) is 22.0. The second-order valence-electron chi connectivity index (χ2n) is 4.06. The van der Waals surface area contributed by atoms with Crippen LogP contribution in [0.5, 0.6) is 5.88 Å². The first kappa shape index (κ1) is 13.0. The van der Waals surface area contributed by atoms with Gasteiger partial charge in [0.25, 0.3) is 5.91 Å². The van der Waals surface area contributed by atoms with Gasteiger partial charge in [-0.1, -0.05) is 0 Å². The molecule has 2 aromatic rings. The highest BCUT2D eigenvalue weighted by Crippen LogP contribution is 2.16. The van der Waals surface area contributed by atoms with E-state index in [1.807, 2.05) is 6.92 Å². The molecular formula is C12H15N5O2. The number of nitrogens with zero attached hydrogens (tertiary/aromatic N) is 4. The van der Waals surface area contributed by atoms with Gasteiger partial charge < -0.3 is 9.64 Å². The second-order valence-corrected chi connectivity index (χ2v) is 4.06. The van der Waals surface area contributed by atoms with Crippen LogP contribution in [0.4, 0.5) is 0 Å². The lowest BCUT2D eigenvalue weighted by Crippen LogP contribution is -2.27. The van der Waals surface area contributed by atoms with Gasteiger partial charge in [0.2, 0.25) is 5.88 Å². The predicted molar refractivity (Wildman–Crippen MR) is 67.7 cm³/mol. The normalized spacial score (nSPS) is 10.3. The average Bonchev–Trinajstić information content (AvgIpc) is 2.83. The molecule has 0 spiro atoms. The topological polar surface area (TPSA) is 84.0 Å². The lowest BCUT2D eigenvalue weighted by Gasteiger charge is -2.16. The number of aromatic amines is 1. The molecule has 2 rings (SSSR count). The number of carbonyl (C=O) groups is 1. The lowest BCUT2D eigenvalue weighted by molar-refractivity contribution is 0.0777. The summed E-state index contributed by atoms with van der Waals surface area (Å²) in [5.41, 5.74) is 0.416. The average molecular weight is 261 g/mol. The fourth-order valence-corrected chi connectivity index (χ4v) is 1.67. The molecule has 0 aliphatic carbocycles. The summed E-state index contributed by atoms with van der Waals surface area (Å²) >= 11 is 0. The summed E-state index contributed by atoms with van der Waals surface area (Å²) in [5, 5.41) is 6.74. The van der Waals surface area contributed by atoms with Crippen molar-refractivity contribution in [1.82, 2.24) is 25.1 Å². The molecule has 0 bridgehead atoms. The van der Waals surface area contributed by atoms with Gasteiger partial charge in [-0.3, -0.25) is 9.89 Å². The molecule has 2 heterocycles. The largest absolute Gasteiger partial charge is 0.480 e. The Kier molecular flexibility index (Phi) is 3.74. The van der Waals surface area contributed by atoms with Gasteiger partial charge in [0.05, 0.1) is 13.7 Å². The summed E-state index contributed by atoms with van der Waals surface area (Å²) in [7, 11) is 3.16. The Labute approximate surface area is 110 Å². The first-order chi connectivity index (χ1) is 9.11. The van der Waals surface area contributed by atoms with Crippen LogP contribution in [0.25, 0.3) is 0 Å². The molecule has 7 nitrogen and oxygen atoms in total. The van der Waals surface area contributed by atoms with Crippen molar-refractivity contribution in [2.45, 2.75) is 13.5 Å². The van der Waals surface area contributed by atoms with Gasteiger partial charge in [0, 0.05) is 13.2 Å². The number of hydrogen-bond donors (Lipinski definition) is 1. The van der Waals surface area contributed by atoms with Gasteiger partial charge in [-0.15, -0.1) is 0 Å². The Bertz CT molecular complexity index is 581. The Morgan fingerprint density at radius 3 is 2.95 bits per heavy atom. The van der Waals surface area contributed by atoms with Crippen molar-refractivity contribution in [3.63, 3.8) is 0 Å². The van der Waals surface area contributed by atoms with E-state index in [0.717, 1.165) is 5.82 Å². The van der Waals surface area contributed by atoms with Gasteiger partial charge in [0.15, 0.2) is 5.82 Å². The smallest absolute Gasteiger partial charge is 0.259 e. The first-order valence-electron chi connectivity index (χ1n) is 5.74. The van der Waals surface area contributed by atoms with Gasteiger partial charge in [-0.05, 0) is 19.1 Å². The molecule has 0 aliphatic heterocycles. The molecule has 19 heavy (non-hydrogen) atoms. The molecule has 0 fully saturated rings. The minimum atomic E-state index is -0.188. The summed E-state index contributed by atoms with van der Waals surface area (Å²) < 4.78 is 5.07. The van der Waals surface area contributed by atoms with Crippen molar-refractivity contribution < 1.29 is 9.53 Å². The zero-order valence-electron chi connectivity index (χ0n) is 11.0. The molecule has 2 aromatic heterocycles. The number of pyridine rings is 1. The standard InChI is InChI=1S/C12H15N5O2/c1-8-14-10(16-15-8)7-17(2)12(18)9-5-4-6-13-11(9)19-3/h4-6H,7H2,1-3H3,(H,14,15,16). The summed E-state index contributed by atoms with van der Waals surface area (Å²) in [6.07, 6.45) is 1.58. The minimum absolute atomic E-state index is 0.188. The van der Waals surface area contributed by atoms with Crippen molar-refractivity contribution in [2.24, 2.45) is 0 Å². The number of hydrogen-bond acceptors (Lipinski definition) is 5. The molecular weight excluding hydrogens is 246 g/mol. The number of methoxy groups -OCH3 is 1. The van der Waals surface area contributed by atoms with Crippen LogP contribution in [-0.2, 0) is 6.54 Å². The van der Waals surface area contributed by atoms with E-state index in [1.54, 1.807) is 25.4 Å². The monoisotopic (exact) mass is 261 g/mol. The number of rotatable bonds is 4. The van der Waals surface area contributed by atoms with E-state index < -0.39 is 0 Å². The van der Waals surface area contributed by atoms with Crippen LogP contribution in [0.2, 0.25) is 0 Å². The lowest BCUT2D eigenvalue weighted by atomic mass is 10.2. The molecule has 1 N–H and O–H groups in total. The van der Waals surface area contributed by atoms with Gasteiger partial charge >= 0.3 is 0 Å². The maximum Gasteiger partial charge on any atom is 0.259 e. The van der Waals surface area contributed by atoms with E-state index in [2.05, 4.69) is 20.2 Å². The molecule has 0 atom stereocenters. The maximum absolute atomic E-state index is 12.3. The molecule has 0 radical (unpaired) electrons. The molecule has 0 saturated carbocycles. The SMILES string of the molecule is COc1ncccc1C(=O)N(C)Cc1n[nH]c(C)n1. The third-order valence-electron chi connectivity index (χ3n) is 2.56. The number of nitrogens with one attached hydrogen (secondary N) is 1. The van der Waals surface area contributed by atoms with E-state index in [9.17, 15) is 4.79 Å². The van der Waals surface area contributed by atoms with Gasteiger partial charge in [-0.25, -0.2) is 9.97 Å².